The highest BCUT2D eigenvalue weighted by molar-refractivity contribution is 7.94. The fourth-order valence-electron chi connectivity index (χ4n) is 13.1. The van der Waals surface area contributed by atoms with E-state index in [1.54, 1.807) is 214 Å². The Morgan fingerprint density at radius 3 is 1.28 bits per heavy atom. The molecule has 11 aromatic carbocycles. The van der Waals surface area contributed by atoms with Gasteiger partial charge in [0.1, 0.15) is 32.9 Å². The Labute approximate surface area is 757 Å². The van der Waals surface area contributed by atoms with E-state index in [9.17, 15) is 64.4 Å². The first-order chi connectivity index (χ1) is 62.1. The van der Waals surface area contributed by atoms with Crippen molar-refractivity contribution in [1.29, 1.82) is 0 Å². The molecule has 0 aliphatic heterocycles. The van der Waals surface area contributed by atoms with Gasteiger partial charge in [-0.2, -0.15) is 8.42 Å². The topological polar surface area (TPSA) is 413 Å². The van der Waals surface area contributed by atoms with Gasteiger partial charge in [0.25, 0.3) is 60.1 Å². The Morgan fingerprint density at radius 2 is 0.754 bits per heavy atom. The largest absolute Gasteiger partial charge is 0.506 e. The maximum atomic E-state index is 13.9. The number of halogens is 4. The lowest BCUT2D eigenvalue weighted by Crippen LogP contribution is -2.15. The number of nitrogens with one attached hydrogen (secondary N) is 6. The highest BCUT2D eigenvalue weighted by atomic mass is 35.5. The molecule has 9 N–H and O–H groups in total. The summed E-state index contributed by atoms with van der Waals surface area (Å²) in [4.78, 5) is 29.3. The Balaban J connectivity index is 0.000000133. The zero-order chi connectivity index (χ0) is 92.7. The number of phenols is 1. The molecule has 7 heterocycles. The van der Waals surface area contributed by atoms with E-state index in [4.69, 9.17) is 28.9 Å². The summed E-state index contributed by atoms with van der Waals surface area (Å²) in [6.45, 7) is 6.94. The summed E-state index contributed by atoms with van der Waals surface area (Å²) in [6.07, 6.45) is 11.0. The average Bonchev–Trinajstić information content (AvgIpc) is 0.801. The third kappa shape index (κ3) is 22.4. The molecule has 0 amide bonds. The number of hydrogen-bond acceptors (Lipinski definition) is 21. The van der Waals surface area contributed by atoms with E-state index >= 15 is 0 Å². The lowest BCUT2D eigenvalue weighted by atomic mass is 10.1. The molecule has 0 saturated heterocycles. The van der Waals surface area contributed by atoms with Gasteiger partial charge in [-0.05, 0) is 190 Å². The third-order valence-corrected chi connectivity index (χ3v) is 28.5. The number of nitrogens with two attached hydrogens (primary N) is 1. The van der Waals surface area contributed by atoms with Crippen molar-refractivity contribution in [2.75, 3.05) is 34.1 Å². The predicted octanol–water partition coefficient (Wildman–Crippen LogP) is 19.7. The summed E-state index contributed by atoms with van der Waals surface area (Å²) in [5, 5.41) is 14.5. The number of aromatic nitrogens is 7. The van der Waals surface area contributed by atoms with Crippen LogP contribution in [-0.4, -0.2) is 90.5 Å². The van der Waals surface area contributed by atoms with Gasteiger partial charge in [-0.15, -0.1) is 0 Å². The monoisotopic (exact) mass is 1900 g/mol. The first kappa shape index (κ1) is 93.2. The minimum absolute atomic E-state index is 0.0204. The second-order valence-corrected chi connectivity index (χ2v) is 39.1. The van der Waals surface area contributed by atoms with E-state index in [1.807, 2.05) is 62.4 Å². The van der Waals surface area contributed by atoms with Crippen molar-refractivity contribution in [2.45, 2.75) is 57.2 Å². The van der Waals surface area contributed by atoms with E-state index in [1.165, 1.54) is 80.0 Å². The van der Waals surface area contributed by atoms with Gasteiger partial charge < -0.3 is 10.8 Å². The van der Waals surface area contributed by atoms with Crippen LogP contribution in [0.1, 0.15) is 22.3 Å². The lowest BCUT2D eigenvalue weighted by Gasteiger charge is -2.13. The summed E-state index contributed by atoms with van der Waals surface area (Å²) >= 11 is 12.0. The molecule has 660 valence electrons. The molecule has 0 aliphatic rings. The van der Waals surface area contributed by atoms with E-state index in [0.29, 0.717) is 61.3 Å². The molecule has 0 saturated carbocycles. The van der Waals surface area contributed by atoms with Crippen molar-refractivity contribution in [3.8, 4) is 5.75 Å². The molecule has 7 aromatic heterocycles. The summed E-state index contributed by atoms with van der Waals surface area (Å²) in [7, 11) is -22.8. The van der Waals surface area contributed by atoms with Crippen molar-refractivity contribution >= 4 is 189 Å². The second-order valence-electron chi connectivity index (χ2n) is 28.4. The molecule has 27 nitrogen and oxygen atoms in total. The Bertz CT molecular complexity index is 8000. The number of fused-ring (bicyclic) bond motifs is 6. The molecule has 0 aliphatic carbocycles. The van der Waals surface area contributed by atoms with Gasteiger partial charge in [0.2, 0.25) is 0 Å². The molecule has 0 fully saturated rings. The van der Waals surface area contributed by atoms with E-state index < -0.39 is 71.8 Å². The molecule has 0 spiro atoms. The van der Waals surface area contributed by atoms with Crippen LogP contribution in [0.5, 0.6) is 5.75 Å². The Morgan fingerprint density at radius 1 is 0.323 bits per heavy atom. The maximum Gasteiger partial charge on any atom is 0.279 e. The van der Waals surface area contributed by atoms with Crippen molar-refractivity contribution < 1.29 is 64.4 Å². The van der Waals surface area contributed by atoms with Crippen LogP contribution >= 0.6 is 23.2 Å². The Kier molecular flexibility index (Phi) is 28.9. The van der Waals surface area contributed by atoms with Gasteiger partial charge in [-0.3, -0.25) is 58.2 Å². The number of sulfonamides is 6. The second kappa shape index (κ2) is 40.3. The number of benzene rings is 11. The van der Waals surface area contributed by atoms with Crippen LogP contribution in [0.25, 0.3) is 65.4 Å². The average molecular weight is 1900 g/mol. The lowest BCUT2D eigenvalue weighted by molar-refractivity contribution is 0.478. The molecular formula is C93H76Cl2F2N14O13S6. The number of rotatable bonds is 18. The standard InChI is InChI=1S/C17H17N3O2S.C16H13ClN2O2S.C16H13FN2O2S.C15H10ClFN2O2S.C15H12N2O3S.C14H11N3O2S/c1-11-6-7-16(14(18)9-11)23(21,22)20-15-5-3-4-13-8-12(2)10-19-17(13)15;1-11-5-2-8-13(17)16(11)22(20,21)19-14-9-3-6-12-7-4-10-18-15(12)14;1-11-13(17)7-3-9-15(11)22(20,21)19-14-8-2-5-12-6-4-10-18-16(12)14;16-14-11-7-4-8-18-15(11)13(9-12(14)17)19-22(20,21)10-5-2-1-3-6-10;18-13-9-8-11-5-4-10-16-14(11)15(13)17-21(19,20)12-6-2-1-3-7-12;18-20(19,13-8-1-2-9-15-13)17-12-7-3-5-11-6-4-10-16-14(11)12/h3-10,20H,18H2,1-2H3;2*2-10,19H,1H3;1-9,19H;1-10,17-18H;1-10,17H. The van der Waals surface area contributed by atoms with Gasteiger partial charge in [-0.25, -0.2) is 55.9 Å². The van der Waals surface area contributed by atoms with Crippen LogP contribution < -0.4 is 34.1 Å². The highest BCUT2D eigenvalue weighted by Crippen LogP contribution is 2.37. The van der Waals surface area contributed by atoms with Crippen LogP contribution in [0.3, 0.4) is 0 Å². The number of hydrogen-bond donors (Lipinski definition) is 8. The van der Waals surface area contributed by atoms with Gasteiger partial charge in [0.05, 0.1) is 92.0 Å². The number of nitrogen functional groups attached to an aromatic ring is 1. The minimum atomic E-state index is -3.89. The maximum absolute atomic E-state index is 13.9. The summed E-state index contributed by atoms with van der Waals surface area (Å²) in [5.74, 6) is -1.44. The SMILES string of the molecule is Cc1c(F)cccc1S(=O)(=O)Nc1cccc2cccnc12.Cc1ccc(S(=O)(=O)Nc2cccc3cc(C)cnc23)c(N)c1.Cc1cccc(Cl)c1S(=O)(=O)Nc1cccc2cccnc12.O=S(=O)(Nc1c(O)ccc2cccnc12)c1ccccc1.O=S(=O)(Nc1cc(F)c(Cl)c2cccnc12)c1ccccc1.O=S(=O)(Nc1cccc2cccnc12)c1ccccn1. The summed E-state index contributed by atoms with van der Waals surface area (Å²) in [6, 6.07) is 79.4. The molecule has 130 heavy (non-hydrogen) atoms. The number of anilines is 7. The number of aryl methyl sites for hydroxylation is 3. The van der Waals surface area contributed by atoms with Crippen molar-refractivity contribution in [2.24, 2.45) is 0 Å². The van der Waals surface area contributed by atoms with Crippen LogP contribution in [0.4, 0.5) is 48.6 Å². The fourth-order valence-corrected chi connectivity index (χ4v) is 20.9. The smallest absolute Gasteiger partial charge is 0.279 e. The number of aromatic hydroxyl groups is 1. The highest BCUT2D eigenvalue weighted by Gasteiger charge is 2.26. The van der Waals surface area contributed by atoms with Crippen molar-refractivity contribution in [1.82, 2.24) is 34.9 Å². The summed E-state index contributed by atoms with van der Waals surface area (Å²) in [5.41, 5.74) is 13.5. The van der Waals surface area contributed by atoms with Crippen LogP contribution in [0.15, 0.2) is 364 Å². The van der Waals surface area contributed by atoms with Crippen LogP contribution in [0.2, 0.25) is 10.0 Å². The van der Waals surface area contributed by atoms with Gasteiger partial charge in [0.15, 0.2) is 5.03 Å². The number of pyridine rings is 7. The van der Waals surface area contributed by atoms with Gasteiger partial charge in [-0.1, -0.05) is 163 Å². The molecule has 0 radical (unpaired) electrons. The van der Waals surface area contributed by atoms with E-state index in [0.717, 1.165) is 44.1 Å². The fraction of sp³-hybridized carbons (Fsp3) is 0.0430. The number of nitrogens with zero attached hydrogens (tertiary/aromatic N) is 7. The normalized spacial score (nSPS) is 11.5. The van der Waals surface area contributed by atoms with Crippen molar-refractivity contribution in [3.05, 3.63) is 378 Å². The number of para-hydroxylation sites is 4. The van der Waals surface area contributed by atoms with Crippen molar-refractivity contribution in [3.63, 3.8) is 0 Å². The van der Waals surface area contributed by atoms with E-state index in [-0.39, 0.29) is 73.4 Å². The van der Waals surface area contributed by atoms with Gasteiger partial charge in [0, 0.05) is 87.3 Å². The number of phenolic OH excluding ortho intramolecular Hbond substituents is 1. The van der Waals surface area contributed by atoms with Crippen LogP contribution in [0, 0.1) is 39.3 Å². The third-order valence-electron chi connectivity index (χ3n) is 19.2. The zero-order valence-electron chi connectivity index (χ0n) is 68.8. The molecule has 0 atom stereocenters. The quantitative estimate of drug-likeness (QED) is 0.0292. The molecule has 37 heteroatoms. The van der Waals surface area contributed by atoms with Crippen LogP contribution in [-0.2, 0) is 60.1 Å². The summed E-state index contributed by atoms with van der Waals surface area (Å²) < 4.78 is 192. The van der Waals surface area contributed by atoms with E-state index in [2.05, 4.69) is 63.2 Å². The molecule has 18 aromatic rings. The first-order valence-corrected chi connectivity index (χ1v) is 48.4. The minimum Gasteiger partial charge on any atom is -0.506 e. The first-order valence-electron chi connectivity index (χ1n) is 38.8. The molecule has 18 rings (SSSR count). The molecule has 0 unspecified atom stereocenters. The molecular weight excluding hydrogens is 1820 g/mol. The Hall–Kier alpha value is -14.4. The predicted molar refractivity (Wildman–Crippen MR) is 507 cm³/mol. The zero-order valence-corrected chi connectivity index (χ0v) is 75.2. The van der Waals surface area contributed by atoms with Gasteiger partial charge >= 0.3 is 0 Å². The molecule has 0 bridgehead atoms.